The van der Waals surface area contributed by atoms with E-state index in [1.807, 2.05) is 0 Å². The van der Waals surface area contributed by atoms with Crippen LogP contribution in [0, 0.1) is 0 Å². The molecule has 84 valence electrons. The third-order valence-electron chi connectivity index (χ3n) is 1.98. The van der Waals surface area contributed by atoms with Crippen LogP contribution >= 0.6 is 0 Å². The van der Waals surface area contributed by atoms with Crippen molar-refractivity contribution in [3.63, 3.8) is 0 Å². The van der Waals surface area contributed by atoms with E-state index < -0.39 is 26.1 Å². The van der Waals surface area contributed by atoms with Crippen LogP contribution < -0.4 is 62.5 Å². The van der Waals surface area contributed by atoms with Gasteiger partial charge < -0.3 is 14.5 Å². The van der Waals surface area contributed by atoms with E-state index >= 15 is 0 Å². The van der Waals surface area contributed by atoms with E-state index in [2.05, 4.69) is 9.97 Å². The Morgan fingerprint density at radius 1 is 1.00 bits per heavy atom. The average molecular weight is 280 g/mol. The summed E-state index contributed by atoms with van der Waals surface area (Å²) in [5.74, 6) is 0. The standard InChI is InChI=1S/C8H6N2O5S.K/c11-7-8(12)10-6-3-4(16(13,14)15)1-2-5(6)9-7;/h1-3H,(H,9,11)(H,10,12)(H,13,14,15);/q;+1/p-1. The van der Waals surface area contributed by atoms with Crippen molar-refractivity contribution in [2.75, 3.05) is 0 Å². The first-order chi connectivity index (χ1) is 7.38. The van der Waals surface area contributed by atoms with Crippen LogP contribution in [0.15, 0.2) is 32.7 Å². The molecule has 0 atom stereocenters. The molecule has 0 aliphatic carbocycles. The Morgan fingerprint density at radius 3 is 2.06 bits per heavy atom. The fourth-order valence-electron chi connectivity index (χ4n) is 1.25. The quantitative estimate of drug-likeness (QED) is 0.314. The molecule has 17 heavy (non-hydrogen) atoms. The molecule has 0 unspecified atom stereocenters. The monoisotopic (exact) mass is 280 g/mol. The molecule has 2 rings (SSSR count). The Hall–Kier alpha value is -0.294. The molecule has 9 heteroatoms. The maximum atomic E-state index is 11.0. The number of H-pyrrole nitrogens is 2. The van der Waals surface area contributed by atoms with Gasteiger partial charge in [-0.15, -0.1) is 0 Å². The summed E-state index contributed by atoms with van der Waals surface area (Å²) in [4.78, 5) is 25.8. The first-order valence-electron chi connectivity index (χ1n) is 4.10. The van der Waals surface area contributed by atoms with Crippen LogP contribution in [0.2, 0.25) is 0 Å². The smallest absolute Gasteiger partial charge is 0.744 e. The van der Waals surface area contributed by atoms with Gasteiger partial charge in [-0.1, -0.05) is 0 Å². The molecule has 0 spiro atoms. The molecule has 0 aliphatic heterocycles. The van der Waals surface area contributed by atoms with Gasteiger partial charge in [-0.05, 0) is 18.2 Å². The van der Waals surface area contributed by atoms with Gasteiger partial charge in [0.15, 0.2) is 0 Å². The summed E-state index contributed by atoms with van der Waals surface area (Å²) in [6.07, 6.45) is 0. The maximum absolute atomic E-state index is 11.0. The Labute approximate surface area is 137 Å². The molecular weight excluding hydrogens is 275 g/mol. The number of fused-ring (bicyclic) bond motifs is 1. The molecule has 2 N–H and O–H groups in total. The maximum Gasteiger partial charge on any atom is 1.00 e. The molecule has 0 fully saturated rings. The third kappa shape index (κ3) is 3.13. The molecule has 2 aromatic rings. The molecule has 0 aliphatic rings. The number of aromatic amines is 2. The average Bonchev–Trinajstić information content (AvgIpc) is 2.17. The predicted molar refractivity (Wildman–Crippen MR) is 53.2 cm³/mol. The summed E-state index contributed by atoms with van der Waals surface area (Å²) in [6.45, 7) is 0. The van der Waals surface area contributed by atoms with Crippen molar-refractivity contribution in [3.05, 3.63) is 38.9 Å². The normalized spacial score (nSPS) is 11.1. The van der Waals surface area contributed by atoms with E-state index in [9.17, 15) is 22.6 Å². The molecule has 7 nitrogen and oxygen atoms in total. The molecule has 0 saturated carbocycles. The van der Waals surface area contributed by atoms with Gasteiger partial charge in [0.25, 0.3) is 0 Å². The van der Waals surface area contributed by atoms with E-state index in [1.165, 1.54) is 6.07 Å². The Morgan fingerprint density at radius 2 is 1.53 bits per heavy atom. The SMILES string of the molecule is O=c1[nH]c2ccc(S(=O)(=O)[O-])cc2[nH]c1=O.[K+]. The Bertz CT molecular complexity index is 776. The first-order valence-corrected chi connectivity index (χ1v) is 5.51. The fourth-order valence-corrected chi connectivity index (χ4v) is 1.75. The number of hydrogen-bond donors (Lipinski definition) is 2. The fraction of sp³-hybridized carbons (Fsp3) is 0. The number of hydrogen-bond acceptors (Lipinski definition) is 5. The van der Waals surface area contributed by atoms with Gasteiger partial charge in [-0.3, -0.25) is 9.59 Å². The number of nitrogens with one attached hydrogen (secondary N) is 2. The summed E-state index contributed by atoms with van der Waals surface area (Å²) < 4.78 is 32.1. The second kappa shape index (κ2) is 5.14. The molecule has 1 heterocycles. The topological polar surface area (TPSA) is 123 Å². The van der Waals surface area contributed by atoms with E-state index in [4.69, 9.17) is 0 Å². The second-order valence-corrected chi connectivity index (χ2v) is 4.45. The molecule has 0 saturated heterocycles. The summed E-state index contributed by atoms with van der Waals surface area (Å²) >= 11 is 0. The Balaban J connectivity index is 0.00000144. The zero-order valence-electron chi connectivity index (χ0n) is 8.68. The van der Waals surface area contributed by atoms with E-state index in [1.54, 1.807) is 0 Å². The molecule has 0 amide bonds. The minimum atomic E-state index is -4.58. The van der Waals surface area contributed by atoms with Crippen LogP contribution in [0.5, 0.6) is 0 Å². The zero-order chi connectivity index (χ0) is 11.9. The summed E-state index contributed by atoms with van der Waals surface area (Å²) in [5.41, 5.74) is -1.42. The van der Waals surface area contributed by atoms with Crippen molar-refractivity contribution in [1.82, 2.24) is 9.97 Å². The van der Waals surface area contributed by atoms with Crippen molar-refractivity contribution in [2.45, 2.75) is 4.90 Å². The van der Waals surface area contributed by atoms with Gasteiger partial charge in [0.2, 0.25) is 0 Å². The minimum absolute atomic E-state index is 0. The molecule has 0 bridgehead atoms. The number of rotatable bonds is 1. The molecule has 1 aromatic heterocycles. The van der Waals surface area contributed by atoms with Crippen LogP contribution in [0.3, 0.4) is 0 Å². The van der Waals surface area contributed by atoms with E-state index in [0.717, 1.165) is 12.1 Å². The van der Waals surface area contributed by atoms with Crippen molar-refractivity contribution < 1.29 is 64.4 Å². The first kappa shape index (κ1) is 14.8. The van der Waals surface area contributed by atoms with Gasteiger partial charge in [-0.25, -0.2) is 8.42 Å². The zero-order valence-corrected chi connectivity index (χ0v) is 12.6. The van der Waals surface area contributed by atoms with Crippen molar-refractivity contribution >= 4 is 21.2 Å². The van der Waals surface area contributed by atoms with Gasteiger partial charge in [0.1, 0.15) is 10.1 Å². The van der Waals surface area contributed by atoms with Gasteiger partial charge in [0.05, 0.1) is 15.9 Å². The molecular formula is C8H5KN2O5S. The largest absolute Gasteiger partial charge is 1.00 e. The molecule has 1 aromatic carbocycles. The van der Waals surface area contributed by atoms with E-state index in [0.29, 0.717) is 0 Å². The van der Waals surface area contributed by atoms with E-state index in [-0.39, 0.29) is 62.4 Å². The number of aromatic nitrogens is 2. The predicted octanol–water partition coefficient (Wildman–Crippen LogP) is -3.88. The minimum Gasteiger partial charge on any atom is -0.744 e. The Kier molecular flexibility index (Phi) is 4.47. The summed E-state index contributed by atoms with van der Waals surface area (Å²) in [6, 6.07) is 3.28. The molecule has 0 radical (unpaired) electrons. The van der Waals surface area contributed by atoms with Crippen LogP contribution in [-0.4, -0.2) is 22.9 Å². The van der Waals surface area contributed by atoms with Crippen molar-refractivity contribution in [2.24, 2.45) is 0 Å². The van der Waals surface area contributed by atoms with Gasteiger partial charge >= 0.3 is 62.5 Å². The van der Waals surface area contributed by atoms with Crippen LogP contribution in [-0.2, 0) is 10.1 Å². The van der Waals surface area contributed by atoms with Crippen LogP contribution in [0.25, 0.3) is 11.0 Å². The number of benzene rings is 1. The summed E-state index contributed by atoms with van der Waals surface area (Å²) in [5, 5.41) is 0. The van der Waals surface area contributed by atoms with Crippen LogP contribution in [0.1, 0.15) is 0 Å². The third-order valence-corrected chi connectivity index (χ3v) is 2.81. The van der Waals surface area contributed by atoms with Crippen molar-refractivity contribution in [3.8, 4) is 0 Å². The van der Waals surface area contributed by atoms with Gasteiger partial charge in [0, 0.05) is 0 Å². The second-order valence-electron chi connectivity index (χ2n) is 3.07. The van der Waals surface area contributed by atoms with Gasteiger partial charge in [-0.2, -0.15) is 0 Å². The summed E-state index contributed by atoms with van der Waals surface area (Å²) in [7, 11) is -4.58. The van der Waals surface area contributed by atoms with Crippen molar-refractivity contribution in [1.29, 1.82) is 0 Å². The van der Waals surface area contributed by atoms with Crippen LogP contribution in [0.4, 0.5) is 0 Å².